The zero-order valence-electron chi connectivity index (χ0n) is 19.7. The number of thioether (sulfide) groups is 1. The Morgan fingerprint density at radius 3 is 2.17 bits per heavy atom. The first-order valence-electron chi connectivity index (χ1n) is 12.1. The maximum atomic E-state index is 13.6. The van der Waals surface area contributed by atoms with Gasteiger partial charge in [-0.1, -0.05) is 73.5 Å². The summed E-state index contributed by atoms with van der Waals surface area (Å²) in [6.45, 7) is 0.240. The van der Waals surface area contributed by atoms with Gasteiger partial charge >= 0.3 is 0 Å². The predicted octanol–water partition coefficient (Wildman–Crippen LogP) is 5.62. The number of benzene rings is 3. The lowest BCUT2D eigenvalue weighted by Gasteiger charge is -2.32. The highest BCUT2D eigenvalue weighted by Crippen LogP contribution is 2.22. The predicted molar refractivity (Wildman–Crippen MR) is 138 cm³/mol. The van der Waals surface area contributed by atoms with Crippen molar-refractivity contribution in [2.75, 3.05) is 5.75 Å². The van der Waals surface area contributed by atoms with Gasteiger partial charge in [-0.25, -0.2) is 4.39 Å². The van der Waals surface area contributed by atoms with Gasteiger partial charge in [0.15, 0.2) is 0 Å². The van der Waals surface area contributed by atoms with E-state index in [0.717, 1.165) is 41.7 Å². The molecule has 0 heterocycles. The first-order chi connectivity index (χ1) is 17.1. The molecule has 3 aromatic rings. The molecular weight excluding hydrogens is 459 g/mol. The molecule has 4 nitrogen and oxygen atoms in total. The molecule has 0 saturated heterocycles. The molecule has 0 spiro atoms. The second-order valence-corrected chi connectivity index (χ2v) is 9.99. The molecule has 1 fully saturated rings. The average molecular weight is 491 g/mol. The van der Waals surface area contributed by atoms with Gasteiger partial charge in [-0.05, 0) is 48.2 Å². The van der Waals surface area contributed by atoms with E-state index in [-0.39, 0.29) is 36.0 Å². The van der Waals surface area contributed by atoms with Crippen molar-refractivity contribution in [3.63, 3.8) is 0 Å². The van der Waals surface area contributed by atoms with Crippen LogP contribution in [0, 0.1) is 5.82 Å². The Kier molecular flexibility index (Phi) is 8.96. The molecule has 0 aliphatic heterocycles. The molecule has 2 amide bonds. The average Bonchev–Trinajstić information content (AvgIpc) is 3.40. The summed E-state index contributed by atoms with van der Waals surface area (Å²) in [6.07, 6.45) is 4.59. The van der Waals surface area contributed by atoms with Gasteiger partial charge in [0.25, 0.3) is 0 Å². The smallest absolute Gasteiger partial charge is 0.243 e. The van der Waals surface area contributed by atoms with Crippen LogP contribution >= 0.6 is 11.8 Å². The summed E-state index contributed by atoms with van der Waals surface area (Å²) in [5.41, 5.74) is 1.78. The van der Waals surface area contributed by atoms with Crippen LogP contribution in [0.25, 0.3) is 0 Å². The van der Waals surface area contributed by atoms with Gasteiger partial charge in [0, 0.05) is 23.9 Å². The Morgan fingerprint density at radius 1 is 0.886 bits per heavy atom. The topological polar surface area (TPSA) is 49.4 Å². The van der Waals surface area contributed by atoms with E-state index in [9.17, 15) is 14.0 Å². The van der Waals surface area contributed by atoms with Crippen LogP contribution in [0.2, 0.25) is 0 Å². The molecule has 1 N–H and O–H groups in total. The number of nitrogens with zero attached hydrogens (tertiary/aromatic N) is 1. The maximum absolute atomic E-state index is 13.6. The molecular formula is C29H31FN2O2S. The van der Waals surface area contributed by atoms with Gasteiger partial charge in [-0.15, -0.1) is 11.8 Å². The van der Waals surface area contributed by atoms with Crippen molar-refractivity contribution in [3.8, 4) is 0 Å². The van der Waals surface area contributed by atoms with Crippen molar-refractivity contribution in [1.82, 2.24) is 10.2 Å². The van der Waals surface area contributed by atoms with Crippen molar-refractivity contribution in [2.45, 2.75) is 55.6 Å². The van der Waals surface area contributed by atoms with E-state index in [1.807, 2.05) is 60.7 Å². The second-order valence-electron chi connectivity index (χ2n) is 8.95. The number of carbonyl (C=O) groups is 2. The van der Waals surface area contributed by atoms with Crippen LogP contribution in [0.1, 0.15) is 36.8 Å². The summed E-state index contributed by atoms with van der Waals surface area (Å²) >= 11 is 1.46. The van der Waals surface area contributed by atoms with Crippen molar-refractivity contribution >= 4 is 23.6 Å². The van der Waals surface area contributed by atoms with E-state index in [1.54, 1.807) is 17.0 Å². The molecule has 1 saturated carbocycles. The van der Waals surface area contributed by atoms with E-state index >= 15 is 0 Å². The quantitative estimate of drug-likeness (QED) is 0.376. The lowest BCUT2D eigenvalue weighted by molar-refractivity contribution is -0.139. The number of nitrogens with one attached hydrogen (secondary N) is 1. The van der Waals surface area contributed by atoms with Crippen molar-refractivity contribution in [1.29, 1.82) is 0 Å². The number of hydrogen-bond donors (Lipinski definition) is 1. The zero-order chi connectivity index (χ0) is 24.5. The van der Waals surface area contributed by atoms with E-state index in [1.165, 1.54) is 23.9 Å². The molecule has 0 radical (unpaired) electrons. The molecule has 1 aliphatic carbocycles. The first kappa shape index (κ1) is 25.0. The third-order valence-electron chi connectivity index (χ3n) is 6.34. The molecule has 1 atom stereocenters. The third kappa shape index (κ3) is 7.43. The highest BCUT2D eigenvalue weighted by Gasteiger charge is 2.32. The molecule has 6 heteroatoms. The third-order valence-corrected chi connectivity index (χ3v) is 7.34. The van der Waals surface area contributed by atoms with Gasteiger partial charge in [-0.3, -0.25) is 9.59 Å². The van der Waals surface area contributed by atoms with Crippen molar-refractivity contribution < 1.29 is 14.0 Å². The number of rotatable bonds is 10. The summed E-state index contributed by atoms with van der Waals surface area (Å²) < 4.78 is 13.5. The zero-order valence-corrected chi connectivity index (χ0v) is 20.6. The minimum atomic E-state index is -0.660. The SMILES string of the molecule is O=C(NC1CCCC1)C(Cc1ccccc1)N(Cc1ccc(F)cc1)C(=O)CSc1ccccc1. The Balaban J connectivity index is 1.60. The summed E-state index contributed by atoms with van der Waals surface area (Å²) in [4.78, 5) is 29.9. The molecule has 1 unspecified atom stereocenters. The number of amides is 2. The van der Waals surface area contributed by atoms with Crippen LogP contribution in [0.5, 0.6) is 0 Å². The monoisotopic (exact) mass is 490 g/mol. The summed E-state index contributed by atoms with van der Waals surface area (Å²) in [5, 5.41) is 3.20. The molecule has 0 aromatic heterocycles. The second kappa shape index (κ2) is 12.5. The Bertz CT molecular complexity index is 1090. The molecule has 4 rings (SSSR count). The highest BCUT2D eigenvalue weighted by molar-refractivity contribution is 8.00. The van der Waals surface area contributed by atoms with Crippen molar-refractivity contribution in [2.24, 2.45) is 0 Å². The van der Waals surface area contributed by atoms with E-state index in [4.69, 9.17) is 0 Å². The molecule has 3 aromatic carbocycles. The van der Waals surface area contributed by atoms with Gasteiger partial charge < -0.3 is 10.2 Å². The van der Waals surface area contributed by atoms with Crippen LogP contribution in [0.4, 0.5) is 4.39 Å². The summed E-state index contributed by atoms with van der Waals surface area (Å²) in [7, 11) is 0. The van der Waals surface area contributed by atoms with E-state index in [2.05, 4.69) is 5.32 Å². The largest absolute Gasteiger partial charge is 0.352 e. The molecule has 35 heavy (non-hydrogen) atoms. The van der Waals surface area contributed by atoms with Crippen LogP contribution in [0.15, 0.2) is 89.8 Å². The molecule has 182 valence electrons. The minimum Gasteiger partial charge on any atom is -0.352 e. The normalized spacial score (nSPS) is 14.4. The van der Waals surface area contributed by atoms with Crippen LogP contribution in [-0.2, 0) is 22.6 Å². The fraction of sp³-hybridized carbons (Fsp3) is 0.310. The maximum Gasteiger partial charge on any atom is 0.243 e. The standard InChI is InChI=1S/C29H31FN2O2S/c30-24-17-15-23(16-18-24)20-32(28(33)21-35-26-13-5-2-6-14-26)27(19-22-9-3-1-4-10-22)29(34)31-25-11-7-8-12-25/h1-6,9-10,13-18,25,27H,7-8,11-12,19-21H2,(H,31,34). The molecule has 1 aliphatic rings. The Hall–Kier alpha value is -3.12. The van der Waals surface area contributed by atoms with Gasteiger partial charge in [0.1, 0.15) is 11.9 Å². The number of carbonyl (C=O) groups excluding carboxylic acids is 2. The Morgan fingerprint density at radius 2 is 1.51 bits per heavy atom. The molecule has 0 bridgehead atoms. The van der Waals surface area contributed by atoms with Gasteiger partial charge in [-0.2, -0.15) is 0 Å². The van der Waals surface area contributed by atoms with Crippen LogP contribution < -0.4 is 5.32 Å². The van der Waals surface area contributed by atoms with Gasteiger partial charge in [0.05, 0.1) is 5.75 Å². The van der Waals surface area contributed by atoms with E-state index in [0.29, 0.717) is 6.42 Å². The van der Waals surface area contributed by atoms with Crippen LogP contribution in [0.3, 0.4) is 0 Å². The number of hydrogen-bond acceptors (Lipinski definition) is 3. The fourth-order valence-electron chi connectivity index (χ4n) is 4.45. The lowest BCUT2D eigenvalue weighted by atomic mass is 10.0. The number of halogens is 1. The van der Waals surface area contributed by atoms with Crippen LogP contribution in [-0.4, -0.2) is 34.6 Å². The fourth-order valence-corrected chi connectivity index (χ4v) is 5.26. The summed E-state index contributed by atoms with van der Waals surface area (Å²) in [5.74, 6) is -0.356. The van der Waals surface area contributed by atoms with E-state index < -0.39 is 6.04 Å². The van der Waals surface area contributed by atoms with Gasteiger partial charge in [0.2, 0.25) is 11.8 Å². The summed E-state index contributed by atoms with van der Waals surface area (Å²) in [6, 6.07) is 25.2. The lowest BCUT2D eigenvalue weighted by Crippen LogP contribution is -2.52. The minimum absolute atomic E-state index is 0.120. The highest BCUT2D eigenvalue weighted by atomic mass is 32.2. The van der Waals surface area contributed by atoms with Crippen molar-refractivity contribution in [3.05, 3.63) is 102 Å². The first-order valence-corrected chi connectivity index (χ1v) is 13.1. The Labute approximate surface area is 210 Å².